The predicted molar refractivity (Wildman–Crippen MR) is 142 cm³/mol. The van der Waals surface area contributed by atoms with Crippen LogP contribution in [0.5, 0.6) is 0 Å². The number of carboxylic acids is 1. The average molecular weight is 537 g/mol. The molecule has 0 aliphatic heterocycles. The highest BCUT2D eigenvalue weighted by Gasteiger charge is 2.25. The zero-order valence-electron chi connectivity index (χ0n) is 19.5. The summed E-state index contributed by atoms with van der Waals surface area (Å²) in [7, 11) is -3.98. The summed E-state index contributed by atoms with van der Waals surface area (Å²) < 4.78 is 28.7. The number of nitrogens with one attached hydrogen (secondary N) is 3. The molecule has 0 spiro atoms. The van der Waals surface area contributed by atoms with E-state index < -0.39 is 28.5 Å². The van der Waals surface area contributed by atoms with Gasteiger partial charge in [0.05, 0.1) is 12.5 Å². The molecule has 2 heterocycles. The van der Waals surface area contributed by atoms with Gasteiger partial charge in [0, 0.05) is 29.5 Å². The number of thiophene rings is 1. The van der Waals surface area contributed by atoms with Gasteiger partial charge in [-0.1, -0.05) is 48.5 Å². The minimum Gasteiger partial charge on any atom is -0.481 e. The molecule has 2 aromatic heterocycles. The number of anilines is 1. The summed E-state index contributed by atoms with van der Waals surface area (Å²) >= 11 is 1.05. The maximum Gasteiger partial charge on any atom is 0.319 e. The number of carbonyl (C=O) groups excluding carboxylic acids is 1. The summed E-state index contributed by atoms with van der Waals surface area (Å²) in [6.07, 6.45) is 2.93. The van der Waals surface area contributed by atoms with Crippen LogP contribution in [0.15, 0.2) is 95.5 Å². The Hall–Kier alpha value is -4.06. The highest BCUT2D eigenvalue weighted by atomic mass is 32.2. The van der Waals surface area contributed by atoms with Crippen molar-refractivity contribution in [3.05, 3.63) is 102 Å². The van der Waals surface area contributed by atoms with E-state index in [0.29, 0.717) is 22.7 Å². The number of pyridine rings is 1. The quantitative estimate of drug-likeness (QED) is 0.233. The molecule has 0 fully saturated rings. The van der Waals surface area contributed by atoms with Crippen molar-refractivity contribution < 1.29 is 23.1 Å². The topological polar surface area (TPSA) is 137 Å². The first-order valence-electron chi connectivity index (χ1n) is 11.2. The molecule has 4 rings (SSSR count). The molecule has 4 N–H and O–H groups in total. The first-order chi connectivity index (χ1) is 17.8. The van der Waals surface area contributed by atoms with Crippen LogP contribution >= 0.6 is 11.3 Å². The van der Waals surface area contributed by atoms with Gasteiger partial charge in [-0.3, -0.25) is 9.78 Å². The van der Waals surface area contributed by atoms with Crippen molar-refractivity contribution in [2.75, 3.05) is 5.32 Å². The van der Waals surface area contributed by atoms with E-state index in [1.54, 1.807) is 73.1 Å². The summed E-state index contributed by atoms with van der Waals surface area (Å²) in [5.41, 5.74) is 2.69. The van der Waals surface area contributed by atoms with Gasteiger partial charge in [-0.05, 0) is 47.0 Å². The van der Waals surface area contributed by atoms with Crippen molar-refractivity contribution in [2.45, 2.75) is 23.2 Å². The minimum absolute atomic E-state index is 0.0568. The van der Waals surface area contributed by atoms with Gasteiger partial charge in [0.2, 0.25) is 0 Å². The lowest BCUT2D eigenvalue weighted by molar-refractivity contribution is -0.137. The number of hydrogen-bond donors (Lipinski definition) is 4. The first kappa shape index (κ1) is 26.0. The maximum atomic E-state index is 13.1. The number of aromatic nitrogens is 1. The number of hydrogen-bond acceptors (Lipinski definition) is 6. The molecule has 9 nitrogen and oxygen atoms in total. The fourth-order valence-corrected chi connectivity index (χ4v) is 6.11. The number of nitrogens with zero attached hydrogens (tertiary/aromatic N) is 1. The van der Waals surface area contributed by atoms with E-state index in [2.05, 4.69) is 20.3 Å². The summed E-state index contributed by atoms with van der Waals surface area (Å²) in [5.74, 6) is -1.11. The summed E-state index contributed by atoms with van der Waals surface area (Å²) in [6.45, 7) is 0.324. The lowest BCUT2D eigenvalue weighted by Crippen LogP contribution is -2.29. The number of rotatable bonds is 10. The molecule has 2 amide bonds. The Balaban J connectivity index is 1.45. The van der Waals surface area contributed by atoms with Crippen LogP contribution in [0.2, 0.25) is 0 Å². The SMILES string of the molecule is O=C(O)CC(NS(=O)(=O)c1ccc(-c2cccc(NC(=O)NCc3cccnc3)c2)s1)c1ccccc1. The first-order valence-corrected chi connectivity index (χ1v) is 13.5. The number of aliphatic carboxylic acids is 1. The largest absolute Gasteiger partial charge is 0.481 e. The number of sulfonamides is 1. The van der Waals surface area contributed by atoms with E-state index in [1.807, 2.05) is 12.1 Å². The Morgan fingerprint density at radius 3 is 2.51 bits per heavy atom. The highest BCUT2D eigenvalue weighted by Crippen LogP contribution is 2.33. The number of benzene rings is 2. The predicted octanol–water partition coefficient (Wildman–Crippen LogP) is 4.63. The van der Waals surface area contributed by atoms with Gasteiger partial charge in [0.15, 0.2) is 0 Å². The van der Waals surface area contributed by atoms with Crippen LogP contribution in [0.25, 0.3) is 10.4 Å². The molecule has 4 aromatic rings. The number of urea groups is 1. The Morgan fingerprint density at radius 2 is 1.78 bits per heavy atom. The molecular formula is C26H24N4O5S2. The third-order valence-electron chi connectivity index (χ3n) is 5.31. The highest BCUT2D eigenvalue weighted by molar-refractivity contribution is 7.91. The van der Waals surface area contributed by atoms with Crippen LogP contribution in [0.4, 0.5) is 10.5 Å². The van der Waals surface area contributed by atoms with E-state index >= 15 is 0 Å². The second kappa shape index (κ2) is 11.8. The molecular weight excluding hydrogens is 512 g/mol. The Kier molecular flexibility index (Phi) is 8.29. The molecule has 1 atom stereocenters. The smallest absolute Gasteiger partial charge is 0.319 e. The van der Waals surface area contributed by atoms with Crippen molar-refractivity contribution >= 4 is 39.0 Å². The maximum absolute atomic E-state index is 13.1. The molecule has 11 heteroatoms. The van der Waals surface area contributed by atoms with Gasteiger partial charge >= 0.3 is 12.0 Å². The second-order valence-electron chi connectivity index (χ2n) is 8.05. The zero-order chi connectivity index (χ0) is 26.3. The lowest BCUT2D eigenvalue weighted by Gasteiger charge is -2.16. The van der Waals surface area contributed by atoms with Crippen molar-refractivity contribution in [1.82, 2.24) is 15.0 Å². The van der Waals surface area contributed by atoms with E-state index in [1.165, 1.54) is 6.07 Å². The minimum atomic E-state index is -3.98. The van der Waals surface area contributed by atoms with Gasteiger partial charge in [0.1, 0.15) is 4.21 Å². The number of carbonyl (C=O) groups is 2. The van der Waals surface area contributed by atoms with Crippen LogP contribution in [0.1, 0.15) is 23.6 Å². The monoisotopic (exact) mass is 536 g/mol. The van der Waals surface area contributed by atoms with Crippen LogP contribution in [0.3, 0.4) is 0 Å². The molecule has 1 unspecified atom stereocenters. The average Bonchev–Trinajstić information content (AvgIpc) is 3.40. The summed E-state index contributed by atoms with van der Waals surface area (Å²) in [6, 6.07) is 21.1. The molecule has 0 radical (unpaired) electrons. The number of carboxylic acid groups (broad SMARTS) is 1. The molecule has 0 saturated heterocycles. The third-order valence-corrected chi connectivity index (χ3v) is 8.40. The Bertz CT molecular complexity index is 1480. The van der Waals surface area contributed by atoms with Crippen molar-refractivity contribution in [1.29, 1.82) is 0 Å². The molecule has 0 bridgehead atoms. The normalized spacial score (nSPS) is 12.0. The van der Waals surface area contributed by atoms with Gasteiger partial charge in [-0.2, -0.15) is 0 Å². The van der Waals surface area contributed by atoms with Gasteiger partial charge < -0.3 is 15.7 Å². The van der Waals surface area contributed by atoms with Gasteiger partial charge in [0.25, 0.3) is 10.0 Å². The molecule has 0 saturated carbocycles. The third kappa shape index (κ3) is 7.23. The Morgan fingerprint density at radius 1 is 0.973 bits per heavy atom. The summed E-state index contributed by atoms with van der Waals surface area (Å²) in [4.78, 5) is 28.3. The van der Waals surface area contributed by atoms with Crippen LogP contribution in [0, 0.1) is 0 Å². The van der Waals surface area contributed by atoms with Crippen molar-refractivity contribution in [3.63, 3.8) is 0 Å². The molecule has 0 aliphatic rings. The van der Waals surface area contributed by atoms with Gasteiger partial charge in [-0.15, -0.1) is 11.3 Å². The number of amides is 2. The van der Waals surface area contributed by atoms with Crippen LogP contribution in [-0.2, 0) is 21.4 Å². The fraction of sp³-hybridized carbons (Fsp3) is 0.115. The fourth-order valence-electron chi connectivity index (χ4n) is 3.56. The van der Waals surface area contributed by atoms with E-state index in [9.17, 15) is 23.1 Å². The second-order valence-corrected chi connectivity index (χ2v) is 11.1. The summed E-state index contributed by atoms with van der Waals surface area (Å²) in [5, 5.41) is 14.8. The molecule has 2 aromatic carbocycles. The van der Waals surface area contributed by atoms with E-state index in [0.717, 1.165) is 22.5 Å². The van der Waals surface area contributed by atoms with Crippen molar-refractivity contribution in [3.8, 4) is 10.4 Å². The molecule has 190 valence electrons. The van der Waals surface area contributed by atoms with E-state index in [4.69, 9.17) is 0 Å². The van der Waals surface area contributed by atoms with Gasteiger partial charge in [-0.25, -0.2) is 17.9 Å². The lowest BCUT2D eigenvalue weighted by atomic mass is 10.1. The van der Waals surface area contributed by atoms with Crippen LogP contribution in [-0.4, -0.2) is 30.5 Å². The van der Waals surface area contributed by atoms with E-state index in [-0.39, 0.29) is 10.2 Å². The van der Waals surface area contributed by atoms with Crippen LogP contribution < -0.4 is 15.4 Å². The standard InChI is InChI=1S/C26H24N4O5S2/c31-24(32)15-22(19-7-2-1-3-8-19)30-37(34,35)25-12-11-23(36-25)20-9-4-10-21(14-20)29-26(33)28-17-18-6-5-13-27-16-18/h1-14,16,22,30H,15,17H2,(H,31,32)(H2,28,29,33). The Labute approximate surface area is 218 Å². The zero-order valence-corrected chi connectivity index (χ0v) is 21.1. The molecule has 0 aliphatic carbocycles. The van der Waals surface area contributed by atoms with Crippen molar-refractivity contribution in [2.24, 2.45) is 0 Å². The molecule has 37 heavy (non-hydrogen) atoms.